The minimum Gasteiger partial charge on any atom is -0.334 e. The molecule has 5 heterocycles. The van der Waals surface area contributed by atoms with Gasteiger partial charge in [0.05, 0.1) is 52.4 Å². The van der Waals surface area contributed by atoms with E-state index in [9.17, 15) is 31.9 Å². The Morgan fingerprint density at radius 2 is 1.83 bits per heavy atom. The molecule has 0 aromatic carbocycles. The zero-order valence-electron chi connectivity index (χ0n) is 22.2. The van der Waals surface area contributed by atoms with Crippen LogP contribution in [0.3, 0.4) is 0 Å². The summed E-state index contributed by atoms with van der Waals surface area (Å²) in [7, 11) is 0. The van der Waals surface area contributed by atoms with Crippen molar-refractivity contribution in [1.82, 2.24) is 19.8 Å². The van der Waals surface area contributed by atoms with E-state index in [1.807, 2.05) is 13.8 Å². The Bertz CT molecular complexity index is 1580. The van der Waals surface area contributed by atoms with E-state index in [1.165, 1.54) is 29.0 Å². The second-order valence-electron chi connectivity index (χ2n) is 11.3. The van der Waals surface area contributed by atoms with E-state index < -0.39 is 30.0 Å². The van der Waals surface area contributed by atoms with Gasteiger partial charge in [-0.1, -0.05) is 13.8 Å². The molecule has 2 unspecified atom stereocenters. The number of carbonyl (C=O) groups excluding carboxylic acids is 3. The van der Waals surface area contributed by atoms with Gasteiger partial charge in [0.15, 0.2) is 0 Å². The van der Waals surface area contributed by atoms with Gasteiger partial charge in [-0.05, 0) is 36.1 Å². The average Bonchev–Trinajstić information content (AvgIpc) is 3.17. The number of nitrogens with two attached hydrogens (primary N) is 1. The predicted octanol–water partition coefficient (Wildman–Crippen LogP) is 4.37. The summed E-state index contributed by atoms with van der Waals surface area (Å²) in [6.07, 6.45) is -4.83. The third kappa shape index (κ3) is 4.58. The largest absolute Gasteiger partial charge is 0.433 e. The van der Waals surface area contributed by atoms with Crippen LogP contribution < -0.4 is 5.73 Å². The fraction of sp³-hybridized carbons (Fsp3) is 0.444. The molecule has 0 bridgehead atoms. The van der Waals surface area contributed by atoms with Crippen LogP contribution in [0.2, 0.25) is 0 Å². The number of halogens is 5. The van der Waals surface area contributed by atoms with Crippen LogP contribution in [0.15, 0.2) is 24.4 Å². The van der Waals surface area contributed by atoms with Gasteiger partial charge >= 0.3 is 6.18 Å². The van der Waals surface area contributed by atoms with Crippen LogP contribution >= 0.6 is 23.7 Å². The van der Waals surface area contributed by atoms with Crippen LogP contribution in [0.4, 0.5) is 17.6 Å². The van der Waals surface area contributed by atoms with Crippen LogP contribution in [0.25, 0.3) is 21.5 Å². The van der Waals surface area contributed by atoms with Crippen LogP contribution in [0, 0.1) is 24.2 Å². The van der Waals surface area contributed by atoms with E-state index >= 15 is 0 Å². The zero-order valence-corrected chi connectivity index (χ0v) is 23.8. The molecule has 4 atom stereocenters. The van der Waals surface area contributed by atoms with Crippen molar-refractivity contribution in [3.05, 3.63) is 46.1 Å². The Morgan fingerprint density at radius 1 is 1.17 bits per heavy atom. The molecule has 6 rings (SSSR count). The average molecular weight is 612 g/mol. The number of aromatic nitrogens is 2. The van der Waals surface area contributed by atoms with Gasteiger partial charge in [-0.3, -0.25) is 24.3 Å². The van der Waals surface area contributed by atoms with Crippen LogP contribution in [-0.2, 0) is 22.3 Å². The van der Waals surface area contributed by atoms with E-state index in [0.717, 1.165) is 17.4 Å². The predicted molar refractivity (Wildman–Crippen MR) is 145 cm³/mol. The molecular weight excluding hydrogens is 586 g/mol. The van der Waals surface area contributed by atoms with Crippen molar-refractivity contribution in [3.63, 3.8) is 0 Å². The smallest absolute Gasteiger partial charge is 0.334 e. The number of pyridine rings is 2. The first-order valence-electron chi connectivity index (χ1n) is 12.7. The Hall–Kier alpha value is -3.16. The van der Waals surface area contributed by atoms with Crippen molar-refractivity contribution in [2.45, 2.75) is 45.7 Å². The summed E-state index contributed by atoms with van der Waals surface area (Å²) in [5.74, 6) is -1.80. The standard InChI is InChI=1S/C27H25F4N5O3S.ClH/c1-11-6-17(27(29,30)31)34-21(18(11)23(37)35-9-14(28)15(32)10-35)13-4-5-33-16-7-12(40-22(13)16)8-36-24(38)19-20(25(36)39)26(19,2)3;/h4-7,14-15,19-20H,8-10,32H2,1-3H3;1H/t14-,15+,19?,20?;/m1./s1. The number of imide groups is 1. The monoisotopic (exact) mass is 611 g/mol. The molecule has 0 radical (unpaired) electrons. The van der Waals surface area contributed by atoms with Crippen LogP contribution in [0.1, 0.15) is 40.3 Å². The van der Waals surface area contributed by atoms with E-state index in [0.29, 0.717) is 15.1 Å². The van der Waals surface area contributed by atoms with Gasteiger partial charge in [-0.15, -0.1) is 23.7 Å². The second-order valence-corrected chi connectivity index (χ2v) is 12.4. The normalized spacial score (nSPS) is 25.1. The Morgan fingerprint density at radius 3 is 2.41 bits per heavy atom. The molecule has 218 valence electrons. The summed E-state index contributed by atoms with van der Waals surface area (Å²) in [5.41, 5.74) is 4.64. The first-order valence-corrected chi connectivity index (χ1v) is 13.5. The molecule has 8 nitrogen and oxygen atoms in total. The van der Waals surface area contributed by atoms with E-state index in [-0.39, 0.29) is 83.5 Å². The lowest BCUT2D eigenvalue weighted by molar-refractivity contribution is -0.144. The van der Waals surface area contributed by atoms with Crippen molar-refractivity contribution >= 4 is 51.7 Å². The SMILES string of the molecule is Cc1cc(C(F)(F)F)nc(-c2ccnc3cc(CN4C(=O)C5C(C4=O)C5(C)C)sc23)c1C(=O)N1C[C@@H](F)[C@@H](N)C1.Cl. The topological polar surface area (TPSA) is 109 Å². The van der Waals surface area contributed by atoms with E-state index in [2.05, 4.69) is 9.97 Å². The number of thiophene rings is 1. The number of amides is 3. The van der Waals surface area contributed by atoms with Crippen molar-refractivity contribution in [2.75, 3.05) is 13.1 Å². The highest BCUT2D eigenvalue weighted by molar-refractivity contribution is 7.19. The third-order valence-corrected chi connectivity index (χ3v) is 9.36. The maximum Gasteiger partial charge on any atom is 0.433 e. The number of alkyl halides is 4. The number of aryl methyl sites for hydroxylation is 1. The molecule has 3 aromatic rings. The van der Waals surface area contributed by atoms with Crippen molar-refractivity contribution in [2.24, 2.45) is 23.0 Å². The fourth-order valence-corrected chi connectivity index (χ4v) is 7.08. The summed E-state index contributed by atoms with van der Waals surface area (Å²) < 4.78 is 56.0. The van der Waals surface area contributed by atoms with Gasteiger partial charge in [0.25, 0.3) is 5.91 Å². The molecule has 3 aliphatic rings. The quantitative estimate of drug-likeness (QED) is 0.347. The van der Waals surface area contributed by atoms with Gasteiger partial charge in [0.1, 0.15) is 11.9 Å². The van der Waals surface area contributed by atoms with Crippen LogP contribution in [0.5, 0.6) is 0 Å². The van der Waals surface area contributed by atoms with Crippen molar-refractivity contribution < 1.29 is 31.9 Å². The molecule has 2 saturated heterocycles. The molecule has 3 fully saturated rings. The van der Waals surface area contributed by atoms with Crippen molar-refractivity contribution in [1.29, 1.82) is 0 Å². The maximum absolute atomic E-state index is 14.1. The summed E-state index contributed by atoms with van der Waals surface area (Å²) >= 11 is 1.16. The molecule has 3 amide bonds. The molecule has 3 aromatic heterocycles. The summed E-state index contributed by atoms with van der Waals surface area (Å²) in [6, 6.07) is 3.05. The molecule has 2 aliphatic heterocycles. The van der Waals surface area contributed by atoms with Crippen LogP contribution in [-0.4, -0.2) is 62.8 Å². The maximum atomic E-state index is 14.1. The second kappa shape index (κ2) is 9.70. The lowest BCUT2D eigenvalue weighted by atomic mass is 9.99. The van der Waals surface area contributed by atoms with Gasteiger partial charge in [0, 0.05) is 23.2 Å². The Kier molecular flexibility index (Phi) is 6.94. The molecule has 0 spiro atoms. The number of hydrogen-bond acceptors (Lipinski definition) is 7. The summed E-state index contributed by atoms with van der Waals surface area (Å²) in [5, 5.41) is 0. The zero-order chi connectivity index (χ0) is 28.9. The first kappa shape index (κ1) is 29.3. The Labute approximate surface area is 242 Å². The highest BCUT2D eigenvalue weighted by atomic mass is 35.5. The summed E-state index contributed by atoms with van der Waals surface area (Å²) in [6.45, 7) is 4.82. The molecule has 41 heavy (non-hydrogen) atoms. The minimum atomic E-state index is -4.78. The van der Waals surface area contributed by atoms with Crippen molar-refractivity contribution in [3.8, 4) is 11.3 Å². The van der Waals surface area contributed by atoms with Gasteiger partial charge in [-0.25, -0.2) is 9.37 Å². The van der Waals surface area contributed by atoms with Gasteiger partial charge in [-0.2, -0.15) is 13.2 Å². The van der Waals surface area contributed by atoms with E-state index in [4.69, 9.17) is 5.73 Å². The highest BCUT2D eigenvalue weighted by Gasteiger charge is 2.72. The number of fused-ring (bicyclic) bond motifs is 2. The lowest BCUT2D eigenvalue weighted by Gasteiger charge is -2.21. The molecule has 2 N–H and O–H groups in total. The number of nitrogens with zero attached hydrogens (tertiary/aromatic N) is 4. The number of piperidine rings is 1. The number of hydrogen-bond donors (Lipinski definition) is 1. The highest BCUT2D eigenvalue weighted by Crippen LogP contribution is 2.63. The summed E-state index contributed by atoms with van der Waals surface area (Å²) in [4.78, 5) is 50.4. The lowest BCUT2D eigenvalue weighted by Crippen LogP contribution is -2.35. The molecular formula is C27H26ClF4N5O3S. The number of rotatable bonds is 4. The minimum absolute atomic E-state index is 0. The first-order chi connectivity index (χ1) is 18.7. The molecule has 14 heteroatoms. The number of carbonyl (C=O) groups is 3. The molecule has 1 saturated carbocycles. The number of likely N-dealkylation sites (tertiary alicyclic amines) is 2. The fourth-order valence-electron chi connectivity index (χ4n) is 5.96. The molecule has 1 aliphatic carbocycles. The third-order valence-electron chi connectivity index (χ3n) is 8.22. The van der Waals surface area contributed by atoms with E-state index in [1.54, 1.807) is 6.07 Å². The van der Waals surface area contributed by atoms with Gasteiger partial charge < -0.3 is 10.6 Å². The van der Waals surface area contributed by atoms with Gasteiger partial charge in [0.2, 0.25) is 11.8 Å². The Balaban J connectivity index is 0.00000337.